The molecule has 0 atom stereocenters. The molecule has 1 aromatic carbocycles. The first-order valence-electron chi connectivity index (χ1n) is 8.29. The number of hydrogen-bond donors (Lipinski definition) is 1. The zero-order chi connectivity index (χ0) is 18.1. The number of anilines is 1. The maximum Gasteiger partial charge on any atom is 0.277 e. The molecule has 4 aromatic rings. The topological polar surface area (TPSA) is 72.2 Å². The van der Waals surface area contributed by atoms with Crippen molar-refractivity contribution in [1.29, 1.82) is 0 Å². The lowest BCUT2D eigenvalue weighted by atomic mass is 10.0. The molecule has 1 amide bonds. The van der Waals surface area contributed by atoms with Crippen molar-refractivity contribution in [3.63, 3.8) is 0 Å². The Morgan fingerprint density at radius 3 is 2.65 bits per heavy atom. The highest BCUT2D eigenvalue weighted by atomic mass is 32.1. The van der Waals surface area contributed by atoms with Gasteiger partial charge in [0, 0.05) is 18.0 Å². The summed E-state index contributed by atoms with van der Waals surface area (Å²) in [6.45, 7) is 4.32. The van der Waals surface area contributed by atoms with Crippen LogP contribution >= 0.6 is 11.3 Å². The Morgan fingerprint density at radius 2 is 1.92 bits per heavy atom. The third-order valence-electron chi connectivity index (χ3n) is 4.07. The predicted molar refractivity (Wildman–Crippen MR) is 103 cm³/mol. The summed E-state index contributed by atoms with van der Waals surface area (Å²) >= 11 is 1.34. The van der Waals surface area contributed by atoms with Crippen molar-refractivity contribution in [2.24, 2.45) is 0 Å². The van der Waals surface area contributed by atoms with Crippen LogP contribution < -0.4 is 5.32 Å². The number of carbonyl (C=O) groups is 1. The van der Waals surface area contributed by atoms with Gasteiger partial charge in [0.1, 0.15) is 16.3 Å². The van der Waals surface area contributed by atoms with Gasteiger partial charge in [-0.1, -0.05) is 55.5 Å². The van der Waals surface area contributed by atoms with Crippen LogP contribution in [0.2, 0.25) is 0 Å². The summed E-state index contributed by atoms with van der Waals surface area (Å²) in [5.74, 6) is 0.185. The van der Waals surface area contributed by atoms with Crippen LogP contribution in [0.25, 0.3) is 16.2 Å². The summed E-state index contributed by atoms with van der Waals surface area (Å²) in [5, 5.41) is 12.2. The van der Waals surface area contributed by atoms with Crippen LogP contribution in [0.15, 0.2) is 54.9 Å². The van der Waals surface area contributed by atoms with E-state index < -0.39 is 0 Å². The highest BCUT2D eigenvalue weighted by Gasteiger charge is 2.14. The Kier molecular flexibility index (Phi) is 4.22. The Morgan fingerprint density at radius 1 is 1.12 bits per heavy atom. The number of aromatic nitrogens is 4. The average molecular weight is 363 g/mol. The van der Waals surface area contributed by atoms with Crippen LogP contribution in [-0.2, 0) is 0 Å². The minimum Gasteiger partial charge on any atom is -0.306 e. The zero-order valence-corrected chi connectivity index (χ0v) is 15.2. The second-order valence-electron chi connectivity index (χ2n) is 6.24. The Hall–Kier alpha value is -3.06. The molecule has 0 spiro atoms. The van der Waals surface area contributed by atoms with Crippen LogP contribution in [0.1, 0.15) is 35.8 Å². The van der Waals surface area contributed by atoms with Crippen molar-refractivity contribution in [3.05, 3.63) is 66.1 Å². The molecule has 3 aromatic heterocycles. The number of hydrogen-bond acceptors (Lipinski definition) is 5. The first kappa shape index (κ1) is 16.4. The number of nitrogens with one attached hydrogen (secondary N) is 1. The van der Waals surface area contributed by atoms with Crippen LogP contribution in [0.3, 0.4) is 0 Å². The minimum atomic E-state index is -0.299. The molecule has 0 aliphatic rings. The lowest BCUT2D eigenvalue weighted by Gasteiger charge is -2.04. The van der Waals surface area contributed by atoms with Crippen molar-refractivity contribution in [3.8, 4) is 10.6 Å². The van der Waals surface area contributed by atoms with Gasteiger partial charge < -0.3 is 4.40 Å². The second kappa shape index (κ2) is 6.68. The van der Waals surface area contributed by atoms with Gasteiger partial charge in [0.15, 0.2) is 0 Å². The first-order valence-corrected chi connectivity index (χ1v) is 9.11. The maximum absolute atomic E-state index is 12.4. The van der Waals surface area contributed by atoms with E-state index >= 15 is 0 Å². The molecular formula is C19H17N5OS. The highest BCUT2D eigenvalue weighted by Crippen LogP contribution is 2.28. The summed E-state index contributed by atoms with van der Waals surface area (Å²) < 4.78 is 1.80. The van der Waals surface area contributed by atoms with Gasteiger partial charge in [-0.3, -0.25) is 10.1 Å². The molecule has 0 aliphatic carbocycles. The van der Waals surface area contributed by atoms with E-state index in [0.29, 0.717) is 16.7 Å². The molecule has 26 heavy (non-hydrogen) atoms. The van der Waals surface area contributed by atoms with Crippen LogP contribution in [-0.4, -0.2) is 25.5 Å². The minimum absolute atomic E-state index is 0.299. The first-order chi connectivity index (χ1) is 12.6. The van der Waals surface area contributed by atoms with Crippen molar-refractivity contribution in [1.82, 2.24) is 19.6 Å². The number of benzene rings is 1. The summed E-state index contributed by atoms with van der Waals surface area (Å²) in [6.07, 6.45) is 3.54. The number of imidazole rings is 1. The van der Waals surface area contributed by atoms with Gasteiger partial charge in [-0.05, 0) is 23.6 Å². The van der Waals surface area contributed by atoms with Gasteiger partial charge in [0.25, 0.3) is 5.91 Å². The zero-order valence-electron chi connectivity index (χ0n) is 14.4. The van der Waals surface area contributed by atoms with Crippen molar-refractivity contribution in [2.75, 3.05) is 5.32 Å². The molecule has 1 N–H and O–H groups in total. The largest absolute Gasteiger partial charge is 0.306 e. The average Bonchev–Trinajstić information content (AvgIpc) is 3.28. The number of nitrogens with zero attached hydrogens (tertiary/aromatic N) is 4. The molecular weight excluding hydrogens is 346 g/mol. The number of carbonyl (C=O) groups excluding carboxylic acids is 1. The van der Waals surface area contributed by atoms with Gasteiger partial charge in [0.05, 0.1) is 0 Å². The van der Waals surface area contributed by atoms with Gasteiger partial charge in [-0.25, -0.2) is 4.98 Å². The van der Waals surface area contributed by atoms with Crippen LogP contribution in [0.4, 0.5) is 5.13 Å². The summed E-state index contributed by atoms with van der Waals surface area (Å²) in [4.78, 5) is 16.7. The number of amides is 1. The number of fused-ring (bicyclic) bond motifs is 1. The van der Waals surface area contributed by atoms with E-state index in [1.54, 1.807) is 10.6 Å². The standard InChI is InChI=1S/C19H17N5OS/c1-12(2)13-6-8-14(9-7-13)18-22-23-19(26-18)21-17(25)15-11-24-10-4-3-5-16(24)20-15/h3-12H,1-2H3,(H,21,23,25). The van der Waals surface area contributed by atoms with E-state index in [1.165, 1.54) is 16.9 Å². The SMILES string of the molecule is CC(C)c1ccc(-c2nnc(NC(=O)c3cn4ccccc4n3)s2)cc1. The van der Waals surface area contributed by atoms with E-state index in [4.69, 9.17) is 0 Å². The molecule has 6 nitrogen and oxygen atoms in total. The fraction of sp³-hybridized carbons (Fsp3) is 0.158. The van der Waals surface area contributed by atoms with E-state index in [0.717, 1.165) is 16.2 Å². The van der Waals surface area contributed by atoms with Crippen molar-refractivity contribution < 1.29 is 4.79 Å². The third-order valence-corrected chi connectivity index (χ3v) is 4.95. The number of rotatable bonds is 4. The third kappa shape index (κ3) is 3.21. The van der Waals surface area contributed by atoms with E-state index in [-0.39, 0.29) is 5.91 Å². The molecule has 0 radical (unpaired) electrons. The molecule has 0 aliphatic heterocycles. The van der Waals surface area contributed by atoms with E-state index in [1.807, 2.05) is 36.5 Å². The lowest BCUT2D eigenvalue weighted by Crippen LogP contribution is -2.12. The maximum atomic E-state index is 12.4. The summed E-state index contributed by atoms with van der Waals surface area (Å²) in [6, 6.07) is 13.9. The summed E-state index contributed by atoms with van der Waals surface area (Å²) in [5.41, 5.74) is 3.33. The molecule has 130 valence electrons. The lowest BCUT2D eigenvalue weighted by molar-refractivity contribution is 0.102. The monoisotopic (exact) mass is 363 g/mol. The molecule has 0 fully saturated rings. The molecule has 0 saturated carbocycles. The van der Waals surface area contributed by atoms with Crippen LogP contribution in [0, 0.1) is 0 Å². The van der Waals surface area contributed by atoms with Gasteiger partial charge in [0.2, 0.25) is 5.13 Å². The van der Waals surface area contributed by atoms with E-state index in [2.05, 4.69) is 46.5 Å². The van der Waals surface area contributed by atoms with Crippen LogP contribution in [0.5, 0.6) is 0 Å². The smallest absolute Gasteiger partial charge is 0.277 e. The quantitative estimate of drug-likeness (QED) is 0.589. The molecule has 0 saturated heterocycles. The highest BCUT2D eigenvalue weighted by molar-refractivity contribution is 7.18. The van der Waals surface area contributed by atoms with Gasteiger partial charge >= 0.3 is 0 Å². The van der Waals surface area contributed by atoms with E-state index in [9.17, 15) is 4.79 Å². The Bertz CT molecular complexity index is 1030. The molecule has 7 heteroatoms. The Labute approximate surface area is 154 Å². The molecule has 4 rings (SSSR count). The normalized spacial score (nSPS) is 11.2. The molecule has 0 unspecified atom stereocenters. The summed E-state index contributed by atoms with van der Waals surface area (Å²) in [7, 11) is 0. The van der Waals surface area contributed by atoms with Gasteiger partial charge in [-0.15, -0.1) is 10.2 Å². The van der Waals surface area contributed by atoms with Gasteiger partial charge in [-0.2, -0.15) is 0 Å². The van der Waals surface area contributed by atoms with Crippen molar-refractivity contribution >= 4 is 28.0 Å². The second-order valence-corrected chi connectivity index (χ2v) is 7.21. The molecule has 0 bridgehead atoms. The Balaban J connectivity index is 1.51. The van der Waals surface area contributed by atoms with Crippen molar-refractivity contribution in [2.45, 2.75) is 19.8 Å². The fourth-order valence-corrected chi connectivity index (χ4v) is 3.35. The fourth-order valence-electron chi connectivity index (χ4n) is 2.61. The predicted octanol–water partition coefficient (Wildman–Crippen LogP) is 4.23. The molecule has 3 heterocycles. The number of pyridine rings is 1.